The van der Waals surface area contributed by atoms with Crippen LogP contribution in [0.25, 0.3) is 0 Å². The lowest BCUT2D eigenvalue weighted by molar-refractivity contribution is 0.574. The van der Waals surface area contributed by atoms with Gasteiger partial charge in [-0.3, -0.25) is 0 Å². The van der Waals surface area contributed by atoms with Crippen molar-refractivity contribution in [2.24, 2.45) is 0 Å². The third kappa shape index (κ3) is 2.99. The van der Waals surface area contributed by atoms with E-state index in [4.69, 9.17) is 11.6 Å². The predicted molar refractivity (Wildman–Crippen MR) is 69.9 cm³/mol. The van der Waals surface area contributed by atoms with Crippen LogP contribution < -0.4 is 5.32 Å². The summed E-state index contributed by atoms with van der Waals surface area (Å²) in [7, 11) is 0. The average Bonchev–Trinajstić information content (AvgIpc) is 2.30. The van der Waals surface area contributed by atoms with Gasteiger partial charge in [0, 0.05) is 28.9 Å². The molecule has 0 heterocycles. The Morgan fingerprint density at radius 1 is 1.11 bits per heavy atom. The van der Waals surface area contributed by atoms with E-state index in [1.807, 2.05) is 19.1 Å². The molecule has 1 N–H and O–H groups in total. The second-order valence-corrected chi connectivity index (χ2v) is 4.48. The number of hydrogen-bond acceptors (Lipinski definition) is 1. The summed E-state index contributed by atoms with van der Waals surface area (Å²) in [5.41, 5.74) is 2.28. The summed E-state index contributed by atoms with van der Waals surface area (Å²) in [5.74, 6) is -1.12. The molecule has 2 aromatic carbocycles. The zero-order valence-corrected chi connectivity index (χ0v) is 10.6. The number of aryl methyl sites for hydroxylation is 1. The van der Waals surface area contributed by atoms with Gasteiger partial charge in [-0.2, -0.15) is 0 Å². The maximum atomic E-state index is 13.4. The topological polar surface area (TPSA) is 12.0 Å². The second-order valence-electron chi connectivity index (χ2n) is 4.05. The molecule has 0 spiro atoms. The summed E-state index contributed by atoms with van der Waals surface area (Å²) < 4.78 is 26.2. The van der Waals surface area contributed by atoms with Gasteiger partial charge in [0.25, 0.3) is 0 Å². The van der Waals surface area contributed by atoms with E-state index in [1.54, 1.807) is 6.07 Å². The van der Waals surface area contributed by atoms with Gasteiger partial charge >= 0.3 is 0 Å². The quantitative estimate of drug-likeness (QED) is 0.861. The van der Waals surface area contributed by atoms with Gasteiger partial charge in [-0.25, -0.2) is 8.78 Å². The Morgan fingerprint density at radius 2 is 1.89 bits per heavy atom. The smallest absolute Gasteiger partial charge is 0.131 e. The van der Waals surface area contributed by atoms with Crippen LogP contribution >= 0.6 is 11.6 Å². The highest BCUT2D eigenvalue weighted by Gasteiger charge is 2.04. The van der Waals surface area contributed by atoms with E-state index in [0.717, 1.165) is 17.3 Å². The van der Waals surface area contributed by atoms with Crippen molar-refractivity contribution in [2.75, 3.05) is 5.32 Å². The van der Waals surface area contributed by atoms with Gasteiger partial charge in [-0.1, -0.05) is 17.7 Å². The Kier molecular flexibility index (Phi) is 3.82. The first-order valence-electron chi connectivity index (χ1n) is 5.50. The summed E-state index contributed by atoms with van der Waals surface area (Å²) in [6, 6.07) is 8.98. The van der Waals surface area contributed by atoms with Gasteiger partial charge in [-0.05, 0) is 36.8 Å². The lowest BCUT2D eigenvalue weighted by atomic mass is 10.1. The highest BCUT2D eigenvalue weighted by Crippen LogP contribution is 2.20. The molecule has 2 rings (SSSR count). The third-order valence-corrected chi connectivity index (χ3v) is 2.91. The summed E-state index contributed by atoms with van der Waals surface area (Å²) in [6.07, 6.45) is 0. The maximum absolute atomic E-state index is 13.4. The zero-order valence-electron chi connectivity index (χ0n) is 9.81. The van der Waals surface area contributed by atoms with E-state index in [1.165, 1.54) is 12.1 Å². The van der Waals surface area contributed by atoms with Crippen molar-refractivity contribution in [2.45, 2.75) is 13.5 Å². The SMILES string of the molecule is Cc1cc(Cl)ccc1NCc1ccc(F)cc1F. The lowest BCUT2D eigenvalue weighted by Crippen LogP contribution is -2.03. The molecule has 0 bridgehead atoms. The minimum Gasteiger partial charge on any atom is -0.381 e. The number of rotatable bonds is 3. The maximum Gasteiger partial charge on any atom is 0.131 e. The highest BCUT2D eigenvalue weighted by molar-refractivity contribution is 6.30. The molecular weight excluding hydrogens is 256 g/mol. The fraction of sp³-hybridized carbons (Fsp3) is 0.143. The van der Waals surface area contributed by atoms with Crippen LogP contribution in [0.15, 0.2) is 36.4 Å². The van der Waals surface area contributed by atoms with Gasteiger partial charge in [0.1, 0.15) is 11.6 Å². The molecule has 0 fully saturated rings. The van der Waals surface area contributed by atoms with E-state index >= 15 is 0 Å². The Balaban J connectivity index is 2.11. The lowest BCUT2D eigenvalue weighted by Gasteiger charge is -2.10. The van der Waals surface area contributed by atoms with Crippen molar-refractivity contribution in [3.8, 4) is 0 Å². The minimum absolute atomic E-state index is 0.300. The van der Waals surface area contributed by atoms with Gasteiger partial charge in [-0.15, -0.1) is 0 Å². The van der Waals surface area contributed by atoms with E-state index in [-0.39, 0.29) is 0 Å². The number of anilines is 1. The van der Waals surface area contributed by atoms with Crippen LogP contribution in [-0.4, -0.2) is 0 Å². The van der Waals surface area contributed by atoms with Crippen molar-refractivity contribution in [3.63, 3.8) is 0 Å². The first kappa shape index (κ1) is 12.8. The van der Waals surface area contributed by atoms with Gasteiger partial charge in [0.2, 0.25) is 0 Å². The fourth-order valence-electron chi connectivity index (χ4n) is 1.68. The van der Waals surface area contributed by atoms with Crippen LogP contribution in [0.5, 0.6) is 0 Å². The summed E-state index contributed by atoms with van der Waals surface area (Å²) in [6.45, 7) is 2.21. The van der Waals surface area contributed by atoms with Crippen molar-refractivity contribution in [1.82, 2.24) is 0 Å². The van der Waals surface area contributed by atoms with Crippen LogP contribution in [0.1, 0.15) is 11.1 Å². The van der Waals surface area contributed by atoms with Crippen molar-refractivity contribution in [3.05, 3.63) is 64.2 Å². The summed E-state index contributed by atoms with van der Waals surface area (Å²) >= 11 is 5.85. The van der Waals surface area contributed by atoms with E-state index < -0.39 is 11.6 Å². The predicted octanol–water partition coefficient (Wildman–Crippen LogP) is 4.54. The average molecular weight is 268 g/mol. The molecule has 0 amide bonds. The summed E-state index contributed by atoms with van der Waals surface area (Å²) in [4.78, 5) is 0. The van der Waals surface area contributed by atoms with Crippen LogP contribution in [0, 0.1) is 18.6 Å². The number of benzene rings is 2. The van der Waals surface area contributed by atoms with Crippen LogP contribution in [0.2, 0.25) is 5.02 Å². The van der Waals surface area contributed by atoms with Gasteiger partial charge < -0.3 is 5.32 Å². The van der Waals surface area contributed by atoms with E-state index in [0.29, 0.717) is 17.1 Å². The normalized spacial score (nSPS) is 10.4. The molecule has 18 heavy (non-hydrogen) atoms. The number of hydrogen-bond donors (Lipinski definition) is 1. The molecule has 0 atom stereocenters. The Hall–Kier alpha value is -1.61. The van der Waals surface area contributed by atoms with Gasteiger partial charge in [0.15, 0.2) is 0 Å². The minimum atomic E-state index is -0.570. The molecule has 0 saturated heterocycles. The molecular formula is C14H12ClF2N. The summed E-state index contributed by atoms with van der Waals surface area (Å²) in [5, 5.41) is 3.75. The van der Waals surface area contributed by atoms with Crippen LogP contribution in [0.3, 0.4) is 0 Å². The van der Waals surface area contributed by atoms with E-state index in [9.17, 15) is 8.78 Å². The monoisotopic (exact) mass is 267 g/mol. The Labute approximate surface area is 109 Å². The first-order valence-corrected chi connectivity index (χ1v) is 5.88. The molecule has 0 radical (unpaired) electrons. The molecule has 0 aromatic heterocycles. The van der Waals surface area contributed by atoms with Crippen LogP contribution in [-0.2, 0) is 6.54 Å². The number of nitrogens with one attached hydrogen (secondary N) is 1. The molecule has 1 nitrogen and oxygen atoms in total. The molecule has 0 saturated carbocycles. The third-order valence-electron chi connectivity index (χ3n) is 2.67. The largest absolute Gasteiger partial charge is 0.381 e. The number of halogens is 3. The molecule has 0 aliphatic heterocycles. The van der Waals surface area contributed by atoms with Gasteiger partial charge in [0.05, 0.1) is 0 Å². The van der Waals surface area contributed by atoms with Crippen LogP contribution in [0.4, 0.5) is 14.5 Å². The molecule has 0 aliphatic rings. The van der Waals surface area contributed by atoms with Crippen molar-refractivity contribution >= 4 is 17.3 Å². The highest BCUT2D eigenvalue weighted by atomic mass is 35.5. The first-order chi connectivity index (χ1) is 8.56. The molecule has 0 unspecified atom stereocenters. The molecule has 0 aliphatic carbocycles. The molecule has 94 valence electrons. The Bertz CT molecular complexity index is 518. The Morgan fingerprint density at radius 3 is 2.56 bits per heavy atom. The van der Waals surface area contributed by atoms with E-state index in [2.05, 4.69) is 5.32 Å². The second kappa shape index (κ2) is 5.36. The molecule has 4 heteroatoms. The standard InChI is InChI=1S/C14H12ClF2N/c1-9-6-11(15)3-5-14(9)18-8-10-2-4-12(16)7-13(10)17/h2-7,18H,8H2,1H3. The molecule has 2 aromatic rings. The zero-order chi connectivity index (χ0) is 13.1. The van der Waals surface area contributed by atoms with Crippen molar-refractivity contribution in [1.29, 1.82) is 0 Å². The van der Waals surface area contributed by atoms with Crippen molar-refractivity contribution < 1.29 is 8.78 Å². The fourth-order valence-corrected chi connectivity index (χ4v) is 1.91.